The molecule has 0 bridgehead atoms. The Labute approximate surface area is 216 Å². The first-order valence-corrected chi connectivity index (χ1v) is 12.8. The molecular formula is C30H42N4O2. The molecule has 3 aromatic rings. The molecule has 36 heavy (non-hydrogen) atoms. The zero-order valence-corrected chi connectivity index (χ0v) is 22.6. The maximum Gasteiger partial charge on any atom is 0.407 e. The molecule has 6 nitrogen and oxygen atoms in total. The van der Waals surface area contributed by atoms with Crippen LogP contribution in [0, 0.1) is 10.8 Å². The summed E-state index contributed by atoms with van der Waals surface area (Å²) in [7, 11) is 0. The molecule has 1 unspecified atom stereocenters. The number of imidazole rings is 1. The quantitative estimate of drug-likeness (QED) is 0.345. The van der Waals surface area contributed by atoms with Crippen molar-refractivity contribution in [2.75, 3.05) is 6.54 Å². The Hall–Kier alpha value is -3.12. The number of carbonyl (C=O) groups is 1. The lowest BCUT2D eigenvalue weighted by atomic mass is 9.84. The van der Waals surface area contributed by atoms with E-state index in [4.69, 9.17) is 10.7 Å². The third-order valence-corrected chi connectivity index (χ3v) is 6.31. The van der Waals surface area contributed by atoms with Crippen LogP contribution >= 0.6 is 0 Å². The number of hydrogen-bond acceptors (Lipinski definition) is 3. The smallest absolute Gasteiger partial charge is 0.407 e. The maximum absolute atomic E-state index is 12.7. The van der Waals surface area contributed by atoms with Crippen LogP contribution in [-0.2, 0) is 6.54 Å². The molecule has 0 saturated carbocycles. The van der Waals surface area contributed by atoms with E-state index in [0.717, 1.165) is 29.1 Å². The molecule has 2 atom stereocenters. The van der Waals surface area contributed by atoms with Crippen molar-refractivity contribution in [3.63, 3.8) is 0 Å². The molecule has 1 heterocycles. The Bertz CT molecular complexity index is 1110. The van der Waals surface area contributed by atoms with E-state index in [2.05, 4.69) is 58.2 Å². The molecule has 0 saturated heterocycles. The molecule has 0 radical (unpaired) electrons. The normalized spacial score (nSPS) is 13.9. The molecule has 3 N–H and O–H groups in total. The summed E-state index contributed by atoms with van der Waals surface area (Å²) in [5, 5.41) is 10.4. The van der Waals surface area contributed by atoms with E-state index >= 15 is 0 Å². The van der Waals surface area contributed by atoms with Gasteiger partial charge in [0.05, 0.1) is 11.7 Å². The monoisotopic (exact) mass is 490 g/mol. The van der Waals surface area contributed by atoms with Gasteiger partial charge in [0.15, 0.2) is 0 Å². The summed E-state index contributed by atoms with van der Waals surface area (Å²) in [6, 6.07) is 19.7. The van der Waals surface area contributed by atoms with E-state index in [0.29, 0.717) is 19.5 Å². The van der Waals surface area contributed by atoms with Crippen LogP contribution in [0.3, 0.4) is 0 Å². The minimum atomic E-state index is -0.951. The lowest BCUT2D eigenvalue weighted by Gasteiger charge is -2.39. The summed E-state index contributed by atoms with van der Waals surface area (Å²) >= 11 is 0. The molecule has 0 spiro atoms. The molecular weight excluding hydrogens is 448 g/mol. The van der Waals surface area contributed by atoms with Gasteiger partial charge >= 0.3 is 6.09 Å². The molecule has 194 valence electrons. The minimum absolute atomic E-state index is 0.0728. The summed E-state index contributed by atoms with van der Waals surface area (Å²) in [6.07, 6.45) is 2.53. The molecule has 0 fully saturated rings. The van der Waals surface area contributed by atoms with Crippen LogP contribution in [0.5, 0.6) is 0 Å². The average molecular weight is 491 g/mol. The van der Waals surface area contributed by atoms with Gasteiger partial charge in [0, 0.05) is 30.9 Å². The molecule has 2 aromatic carbocycles. The van der Waals surface area contributed by atoms with Gasteiger partial charge in [-0.25, -0.2) is 9.78 Å². The fourth-order valence-corrected chi connectivity index (χ4v) is 4.83. The van der Waals surface area contributed by atoms with Crippen LogP contribution in [0.25, 0.3) is 11.3 Å². The Morgan fingerprint density at radius 3 is 2.11 bits per heavy atom. The Morgan fingerprint density at radius 2 is 1.58 bits per heavy atom. The van der Waals surface area contributed by atoms with Gasteiger partial charge in [-0.15, -0.1) is 0 Å². The molecule has 0 aliphatic carbocycles. The van der Waals surface area contributed by atoms with E-state index in [1.807, 2.05) is 54.7 Å². The summed E-state index contributed by atoms with van der Waals surface area (Å²) < 4.78 is 2.11. The van der Waals surface area contributed by atoms with Crippen molar-refractivity contribution in [1.29, 1.82) is 0 Å². The largest absolute Gasteiger partial charge is 0.465 e. The number of carboxylic acid groups (broad SMARTS) is 1. The van der Waals surface area contributed by atoms with Crippen LogP contribution in [0.4, 0.5) is 4.79 Å². The van der Waals surface area contributed by atoms with Gasteiger partial charge < -0.3 is 15.4 Å². The first-order chi connectivity index (χ1) is 16.8. The van der Waals surface area contributed by atoms with Crippen molar-refractivity contribution >= 4 is 6.09 Å². The Kier molecular flexibility index (Phi) is 8.62. The standard InChI is InChI=1S/C30H42N4O2/c1-29(2,3)19-24(31)17-18-34(28(35)36)26(30(4,5)6)27-32-25(23-15-11-8-12-16-23)21-33(27)20-22-13-9-7-10-14-22/h7-16,21,24,26H,17-20,31H2,1-6H3,(H,35,36)/t24?,26-/m0/s1. The highest BCUT2D eigenvalue weighted by atomic mass is 16.4. The SMILES string of the molecule is CC(C)(C)CC(N)CCN(C(=O)O)[C@@H](c1nc(-c2ccccc2)cn1Cc1ccccc1)C(C)(C)C. The fourth-order valence-electron chi connectivity index (χ4n) is 4.83. The summed E-state index contributed by atoms with van der Waals surface area (Å²) in [5.41, 5.74) is 9.11. The van der Waals surface area contributed by atoms with E-state index in [9.17, 15) is 9.90 Å². The number of rotatable bonds is 9. The van der Waals surface area contributed by atoms with E-state index in [1.165, 1.54) is 0 Å². The van der Waals surface area contributed by atoms with Gasteiger partial charge in [-0.1, -0.05) is 102 Å². The van der Waals surface area contributed by atoms with Gasteiger partial charge in [-0.05, 0) is 29.2 Å². The second kappa shape index (κ2) is 11.3. The summed E-state index contributed by atoms with van der Waals surface area (Å²) in [4.78, 5) is 19.3. The zero-order valence-electron chi connectivity index (χ0n) is 22.6. The van der Waals surface area contributed by atoms with Gasteiger partial charge in [0.25, 0.3) is 0 Å². The van der Waals surface area contributed by atoms with Gasteiger partial charge in [0.2, 0.25) is 0 Å². The fraction of sp³-hybridized carbons (Fsp3) is 0.467. The first kappa shape index (κ1) is 27.5. The van der Waals surface area contributed by atoms with Crippen molar-refractivity contribution in [3.05, 3.63) is 78.2 Å². The van der Waals surface area contributed by atoms with E-state index in [1.54, 1.807) is 4.90 Å². The highest BCUT2D eigenvalue weighted by Gasteiger charge is 2.38. The van der Waals surface area contributed by atoms with Crippen LogP contribution in [-0.4, -0.2) is 38.2 Å². The van der Waals surface area contributed by atoms with Gasteiger partial charge in [-0.2, -0.15) is 0 Å². The second-order valence-corrected chi connectivity index (χ2v) is 12.0. The number of aromatic nitrogens is 2. The third-order valence-electron chi connectivity index (χ3n) is 6.31. The zero-order chi connectivity index (χ0) is 26.5. The third kappa shape index (κ3) is 7.44. The number of nitrogens with two attached hydrogens (primary N) is 1. The maximum atomic E-state index is 12.7. The topological polar surface area (TPSA) is 84.4 Å². The molecule has 6 heteroatoms. The van der Waals surface area contributed by atoms with Crippen LogP contribution in [0.15, 0.2) is 66.9 Å². The van der Waals surface area contributed by atoms with Crippen molar-refractivity contribution in [2.45, 2.75) is 73.0 Å². The molecule has 1 aromatic heterocycles. The second-order valence-electron chi connectivity index (χ2n) is 12.0. The highest BCUT2D eigenvalue weighted by molar-refractivity contribution is 5.66. The Balaban J connectivity index is 2.04. The van der Waals surface area contributed by atoms with Crippen molar-refractivity contribution in [1.82, 2.24) is 14.5 Å². The average Bonchev–Trinajstić information content (AvgIpc) is 3.18. The first-order valence-electron chi connectivity index (χ1n) is 12.8. The minimum Gasteiger partial charge on any atom is -0.465 e. The van der Waals surface area contributed by atoms with E-state index in [-0.39, 0.29) is 16.9 Å². The van der Waals surface area contributed by atoms with Crippen molar-refractivity contribution in [3.8, 4) is 11.3 Å². The van der Waals surface area contributed by atoms with Crippen LogP contribution < -0.4 is 5.73 Å². The molecule has 1 amide bonds. The van der Waals surface area contributed by atoms with Crippen molar-refractivity contribution < 1.29 is 9.90 Å². The molecule has 0 aliphatic heterocycles. The van der Waals surface area contributed by atoms with Crippen LogP contribution in [0.2, 0.25) is 0 Å². The number of hydrogen-bond donors (Lipinski definition) is 2. The van der Waals surface area contributed by atoms with Gasteiger partial charge in [0.1, 0.15) is 5.82 Å². The van der Waals surface area contributed by atoms with Crippen LogP contribution in [0.1, 0.15) is 71.8 Å². The lowest BCUT2D eigenvalue weighted by Crippen LogP contribution is -2.44. The summed E-state index contributed by atoms with van der Waals surface area (Å²) in [5.74, 6) is 0.747. The van der Waals surface area contributed by atoms with Crippen molar-refractivity contribution in [2.24, 2.45) is 16.6 Å². The number of amides is 1. The Morgan fingerprint density at radius 1 is 1.00 bits per heavy atom. The van der Waals surface area contributed by atoms with E-state index < -0.39 is 12.1 Å². The number of nitrogens with zero attached hydrogens (tertiary/aromatic N) is 3. The predicted molar refractivity (Wildman–Crippen MR) is 147 cm³/mol. The van der Waals surface area contributed by atoms with Gasteiger partial charge in [-0.3, -0.25) is 4.90 Å². The summed E-state index contributed by atoms with van der Waals surface area (Å²) in [6.45, 7) is 13.7. The predicted octanol–water partition coefficient (Wildman–Crippen LogP) is 6.82. The highest BCUT2D eigenvalue weighted by Crippen LogP contribution is 2.39. The lowest BCUT2D eigenvalue weighted by molar-refractivity contribution is 0.0730. The molecule has 3 rings (SSSR count). The molecule has 0 aliphatic rings. The number of benzene rings is 2.